The molecular formula is C14H16F3N4O5S+. The molecule has 27 heavy (non-hydrogen) atoms. The summed E-state index contributed by atoms with van der Waals surface area (Å²) in [5.41, 5.74) is -1.02. The fourth-order valence-electron chi connectivity index (χ4n) is 2.21. The van der Waals surface area contributed by atoms with E-state index in [1.54, 1.807) is 0 Å². The SMILES string of the molecule is COc1nc(OC)nc(C(O)c2cccc(F)c2[NH+](C)S(=O)(=O)C(F)F)n1. The lowest BCUT2D eigenvalue weighted by Gasteiger charge is -2.19. The number of benzene rings is 1. The van der Waals surface area contributed by atoms with E-state index < -0.39 is 37.7 Å². The zero-order valence-electron chi connectivity index (χ0n) is 14.4. The van der Waals surface area contributed by atoms with E-state index in [0.717, 1.165) is 19.2 Å². The number of hydrogen-bond donors (Lipinski definition) is 2. The molecule has 0 aliphatic rings. The molecular weight excluding hydrogens is 393 g/mol. The molecule has 13 heteroatoms. The van der Waals surface area contributed by atoms with Gasteiger partial charge in [-0.2, -0.15) is 31.5 Å². The first kappa shape index (κ1) is 20.8. The second kappa shape index (κ2) is 8.02. The van der Waals surface area contributed by atoms with Gasteiger partial charge < -0.3 is 14.6 Å². The second-order valence-corrected chi connectivity index (χ2v) is 7.19. The Bertz CT molecular complexity index is 907. The summed E-state index contributed by atoms with van der Waals surface area (Å²) >= 11 is 0. The molecule has 0 fully saturated rings. The number of halogens is 3. The number of aliphatic hydroxyl groups excluding tert-OH is 1. The van der Waals surface area contributed by atoms with Crippen LogP contribution in [-0.2, 0) is 10.0 Å². The van der Waals surface area contributed by atoms with Crippen LogP contribution in [0.5, 0.6) is 12.0 Å². The number of methoxy groups -OCH3 is 2. The molecule has 1 heterocycles. The molecule has 9 nitrogen and oxygen atoms in total. The Morgan fingerprint density at radius 3 is 2.15 bits per heavy atom. The molecule has 2 atom stereocenters. The van der Waals surface area contributed by atoms with Gasteiger partial charge in [0.1, 0.15) is 6.10 Å². The predicted octanol–water partition coefficient (Wildman–Crippen LogP) is -0.192. The maximum Gasteiger partial charge on any atom is 0.385 e. The van der Waals surface area contributed by atoms with Gasteiger partial charge >= 0.3 is 27.8 Å². The van der Waals surface area contributed by atoms with Gasteiger partial charge in [-0.1, -0.05) is 6.07 Å². The third kappa shape index (κ3) is 4.09. The smallest absolute Gasteiger partial charge is 0.385 e. The first-order chi connectivity index (χ1) is 12.6. The Morgan fingerprint density at radius 1 is 1.11 bits per heavy atom. The van der Waals surface area contributed by atoms with Crippen LogP contribution in [0.3, 0.4) is 0 Å². The van der Waals surface area contributed by atoms with Gasteiger partial charge in [-0.25, -0.2) is 4.39 Å². The van der Waals surface area contributed by atoms with Crippen LogP contribution in [0.2, 0.25) is 0 Å². The zero-order valence-corrected chi connectivity index (χ0v) is 15.2. The molecule has 0 saturated carbocycles. The Hall–Kier alpha value is -2.51. The van der Waals surface area contributed by atoms with Crippen molar-refractivity contribution in [2.45, 2.75) is 11.9 Å². The third-order valence-electron chi connectivity index (χ3n) is 3.58. The molecule has 1 aromatic carbocycles. The standard InChI is InChI=1S/C14H15F3N4O5S/c1-21(27(23,24)12(16)17)9-7(5-4-6-8(9)15)10(22)11-18-13(25-2)20-14(19-11)26-3/h4-6,10,12,22H,1-3H3/p+1. The van der Waals surface area contributed by atoms with Crippen molar-refractivity contribution in [1.82, 2.24) is 15.0 Å². The minimum atomic E-state index is -5.09. The minimum Gasteiger partial charge on any atom is -0.467 e. The number of ether oxygens (including phenoxy) is 2. The Labute approximate surface area is 152 Å². The van der Waals surface area contributed by atoms with Gasteiger partial charge in [0.05, 0.1) is 26.8 Å². The summed E-state index contributed by atoms with van der Waals surface area (Å²) in [5.74, 6) is -5.21. The molecule has 2 aromatic rings. The topological polar surface area (TPSA) is 116 Å². The van der Waals surface area contributed by atoms with Gasteiger partial charge in [0, 0.05) is 0 Å². The molecule has 0 radical (unpaired) electrons. The molecule has 2 N–H and O–H groups in total. The highest BCUT2D eigenvalue weighted by Crippen LogP contribution is 2.28. The van der Waals surface area contributed by atoms with E-state index in [9.17, 15) is 26.7 Å². The van der Waals surface area contributed by atoms with Crippen LogP contribution in [0.1, 0.15) is 17.5 Å². The monoisotopic (exact) mass is 409 g/mol. The number of alkyl halides is 2. The van der Waals surface area contributed by atoms with Gasteiger partial charge in [-0.3, -0.25) is 0 Å². The van der Waals surface area contributed by atoms with Crippen LogP contribution in [0, 0.1) is 5.82 Å². The third-order valence-corrected chi connectivity index (χ3v) is 5.10. The number of para-hydroxylation sites is 1. The maximum absolute atomic E-state index is 14.3. The highest BCUT2D eigenvalue weighted by atomic mass is 32.2. The van der Waals surface area contributed by atoms with Crippen LogP contribution in [0.4, 0.5) is 18.9 Å². The molecule has 0 bridgehead atoms. The van der Waals surface area contributed by atoms with Crippen molar-refractivity contribution < 1.29 is 40.5 Å². The van der Waals surface area contributed by atoms with Crippen molar-refractivity contribution in [3.63, 3.8) is 0 Å². The molecule has 1 aromatic heterocycles. The predicted molar refractivity (Wildman–Crippen MR) is 84.9 cm³/mol. The lowest BCUT2D eigenvalue weighted by Crippen LogP contribution is -3.07. The number of aromatic nitrogens is 3. The summed E-state index contributed by atoms with van der Waals surface area (Å²) < 4.78 is 72.4. The van der Waals surface area contributed by atoms with E-state index in [0.29, 0.717) is 0 Å². The number of sulfonamides is 1. The summed E-state index contributed by atoms with van der Waals surface area (Å²) in [4.78, 5) is 11.3. The highest BCUT2D eigenvalue weighted by molar-refractivity contribution is 7.85. The lowest BCUT2D eigenvalue weighted by molar-refractivity contribution is -0.667. The van der Waals surface area contributed by atoms with Gasteiger partial charge in [0.25, 0.3) is 0 Å². The molecule has 0 aliphatic carbocycles. The minimum absolute atomic E-state index is 0.227. The van der Waals surface area contributed by atoms with Crippen molar-refractivity contribution in [2.75, 3.05) is 21.3 Å². The van der Waals surface area contributed by atoms with E-state index >= 15 is 0 Å². The highest BCUT2D eigenvalue weighted by Gasteiger charge is 2.39. The average molecular weight is 409 g/mol. The van der Waals surface area contributed by atoms with Crippen LogP contribution in [0.25, 0.3) is 0 Å². The van der Waals surface area contributed by atoms with E-state index in [1.165, 1.54) is 20.3 Å². The Morgan fingerprint density at radius 2 is 1.67 bits per heavy atom. The second-order valence-electron chi connectivity index (χ2n) is 5.14. The number of nitrogens with zero attached hydrogens (tertiary/aromatic N) is 3. The van der Waals surface area contributed by atoms with Crippen LogP contribution < -0.4 is 13.8 Å². The first-order valence-corrected chi connectivity index (χ1v) is 8.84. The van der Waals surface area contributed by atoms with Gasteiger partial charge in [-0.05, 0) is 12.1 Å². The molecule has 0 spiro atoms. The molecule has 0 aliphatic heterocycles. The van der Waals surface area contributed by atoms with Crippen molar-refractivity contribution in [3.05, 3.63) is 35.4 Å². The summed E-state index contributed by atoms with van der Waals surface area (Å²) in [6, 6.07) is 2.76. The van der Waals surface area contributed by atoms with Gasteiger partial charge in [0.2, 0.25) is 0 Å². The van der Waals surface area contributed by atoms with E-state index in [-0.39, 0.29) is 23.4 Å². The normalized spacial score (nSPS) is 14.1. The van der Waals surface area contributed by atoms with Gasteiger partial charge in [0.15, 0.2) is 17.3 Å². The Balaban J connectivity index is 2.62. The summed E-state index contributed by atoms with van der Waals surface area (Å²) in [6.07, 6.45) is -1.77. The molecule has 2 unspecified atom stereocenters. The van der Waals surface area contributed by atoms with E-state index in [4.69, 9.17) is 9.47 Å². The van der Waals surface area contributed by atoms with E-state index in [1.807, 2.05) is 0 Å². The molecule has 0 saturated heterocycles. The maximum atomic E-state index is 14.3. The molecule has 0 amide bonds. The number of rotatable bonds is 7. The number of nitrogens with one attached hydrogen (secondary N) is 1. The number of hydrogen-bond acceptors (Lipinski definition) is 8. The fourth-order valence-corrected chi connectivity index (χ4v) is 2.98. The van der Waals surface area contributed by atoms with Crippen molar-refractivity contribution in [1.29, 1.82) is 0 Å². The average Bonchev–Trinajstić information content (AvgIpc) is 2.65. The zero-order chi connectivity index (χ0) is 20.4. The van der Waals surface area contributed by atoms with Gasteiger partial charge in [-0.15, -0.1) is 4.98 Å². The largest absolute Gasteiger partial charge is 0.467 e. The number of quaternary nitrogens is 1. The molecule has 2 rings (SSSR count). The molecule has 148 valence electrons. The van der Waals surface area contributed by atoms with Crippen molar-refractivity contribution >= 4 is 15.7 Å². The fraction of sp³-hybridized carbons (Fsp3) is 0.357. The van der Waals surface area contributed by atoms with Crippen LogP contribution >= 0.6 is 0 Å². The lowest BCUT2D eigenvalue weighted by atomic mass is 10.1. The van der Waals surface area contributed by atoms with E-state index in [2.05, 4.69) is 15.0 Å². The quantitative estimate of drug-likeness (QED) is 0.647. The first-order valence-electron chi connectivity index (χ1n) is 7.29. The summed E-state index contributed by atoms with van der Waals surface area (Å²) in [6.45, 7) is 0. The summed E-state index contributed by atoms with van der Waals surface area (Å²) in [5, 5.41) is 10.6. The van der Waals surface area contributed by atoms with Crippen LogP contribution in [0.15, 0.2) is 18.2 Å². The summed E-state index contributed by atoms with van der Waals surface area (Å²) in [7, 11) is -1.78. The number of aliphatic hydroxyl groups is 1. The van der Waals surface area contributed by atoms with Crippen LogP contribution in [-0.4, -0.2) is 55.5 Å². The Kier molecular flexibility index (Phi) is 6.18. The van der Waals surface area contributed by atoms with Crippen molar-refractivity contribution in [3.8, 4) is 12.0 Å². The van der Waals surface area contributed by atoms with Crippen molar-refractivity contribution in [2.24, 2.45) is 0 Å².